The number of hydrogen-bond donors (Lipinski definition) is 0. The van der Waals surface area contributed by atoms with Crippen LogP contribution in [0.3, 0.4) is 0 Å². The average molecular weight is 849 g/mol. The third kappa shape index (κ3) is 47.5. The molecule has 0 N–H and O–H groups in total. The van der Waals surface area contributed by atoms with Crippen molar-refractivity contribution in [2.75, 3.05) is 13.2 Å². The molecule has 0 saturated heterocycles. The topological polar surface area (TPSA) is 78.9 Å². The van der Waals surface area contributed by atoms with Gasteiger partial charge in [0.15, 0.2) is 6.10 Å². The van der Waals surface area contributed by atoms with Gasteiger partial charge in [0.1, 0.15) is 13.2 Å². The number of carbonyl (C=O) groups excluding carboxylic acids is 3. The molecule has 0 aromatic rings. The first-order valence-corrected chi connectivity index (χ1v) is 27.0. The summed E-state index contributed by atoms with van der Waals surface area (Å²) in [6.07, 6.45) is 53.9. The second-order valence-electron chi connectivity index (χ2n) is 18.5. The molecule has 0 spiro atoms. The largest absolute Gasteiger partial charge is 0.462 e. The van der Waals surface area contributed by atoms with Crippen molar-refractivity contribution in [1.29, 1.82) is 0 Å². The lowest BCUT2D eigenvalue weighted by molar-refractivity contribution is -0.167. The first kappa shape index (κ1) is 58.4. The van der Waals surface area contributed by atoms with Gasteiger partial charge in [-0.05, 0) is 19.3 Å². The Hall–Kier alpha value is -1.59. The molecule has 6 nitrogen and oxygen atoms in total. The molecule has 0 radical (unpaired) electrons. The number of esters is 3. The SMILES string of the molecule is CCCCCCCCCCCCCCCCCCCCCCCCC(=O)OCC(COC(=O)CCCCCCCCCC)OC(=O)CCCCCCCCCCCCCC. The molecule has 0 rings (SSSR count). The van der Waals surface area contributed by atoms with E-state index in [2.05, 4.69) is 20.8 Å². The van der Waals surface area contributed by atoms with E-state index in [0.717, 1.165) is 57.8 Å². The van der Waals surface area contributed by atoms with Crippen LogP contribution in [0.5, 0.6) is 0 Å². The van der Waals surface area contributed by atoms with Crippen molar-refractivity contribution < 1.29 is 28.6 Å². The molecule has 6 heteroatoms. The van der Waals surface area contributed by atoms with Gasteiger partial charge in [0.2, 0.25) is 0 Å². The molecule has 0 heterocycles. The summed E-state index contributed by atoms with van der Waals surface area (Å²) >= 11 is 0. The van der Waals surface area contributed by atoms with Gasteiger partial charge >= 0.3 is 17.9 Å². The van der Waals surface area contributed by atoms with Crippen molar-refractivity contribution in [3.63, 3.8) is 0 Å². The van der Waals surface area contributed by atoms with Gasteiger partial charge in [0.05, 0.1) is 0 Å². The number of rotatable bonds is 50. The maximum absolute atomic E-state index is 12.7. The van der Waals surface area contributed by atoms with E-state index in [1.807, 2.05) is 0 Å². The lowest BCUT2D eigenvalue weighted by Crippen LogP contribution is -2.30. The van der Waals surface area contributed by atoms with Crippen molar-refractivity contribution >= 4 is 17.9 Å². The minimum absolute atomic E-state index is 0.0621. The van der Waals surface area contributed by atoms with E-state index in [9.17, 15) is 14.4 Å². The molecule has 0 aromatic carbocycles. The third-order valence-corrected chi connectivity index (χ3v) is 12.4. The molecule has 0 aliphatic carbocycles. The molecular weight excluding hydrogens is 745 g/mol. The summed E-state index contributed by atoms with van der Waals surface area (Å²) in [7, 11) is 0. The van der Waals surface area contributed by atoms with Crippen LogP contribution in [-0.4, -0.2) is 37.2 Å². The fraction of sp³-hybridized carbons (Fsp3) is 0.944. The molecule has 0 aliphatic rings. The highest BCUT2D eigenvalue weighted by Crippen LogP contribution is 2.17. The fourth-order valence-corrected chi connectivity index (χ4v) is 8.27. The van der Waals surface area contributed by atoms with Crippen LogP contribution in [0.1, 0.15) is 310 Å². The molecule has 60 heavy (non-hydrogen) atoms. The van der Waals surface area contributed by atoms with E-state index in [1.54, 1.807) is 0 Å². The normalized spacial score (nSPS) is 11.8. The molecule has 0 fully saturated rings. The van der Waals surface area contributed by atoms with Crippen molar-refractivity contribution in [2.45, 2.75) is 316 Å². The first-order chi connectivity index (χ1) is 29.5. The number of carbonyl (C=O) groups is 3. The van der Waals surface area contributed by atoms with Crippen LogP contribution in [0.25, 0.3) is 0 Å². The van der Waals surface area contributed by atoms with E-state index >= 15 is 0 Å². The van der Waals surface area contributed by atoms with Crippen LogP contribution in [-0.2, 0) is 28.6 Å². The molecular formula is C54H104O6. The molecule has 0 amide bonds. The quantitative estimate of drug-likeness (QED) is 0.0345. The van der Waals surface area contributed by atoms with Crippen LogP contribution in [0.15, 0.2) is 0 Å². The lowest BCUT2D eigenvalue weighted by Gasteiger charge is -2.18. The smallest absolute Gasteiger partial charge is 0.306 e. The van der Waals surface area contributed by atoms with E-state index in [4.69, 9.17) is 14.2 Å². The van der Waals surface area contributed by atoms with Crippen LogP contribution in [0.2, 0.25) is 0 Å². The van der Waals surface area contributed by atoms with Crippen molar-refractivity contribution in [3.8, 4) is 0 Å². The summed E-state index contributed by atoms with van der Waals surface area (Å²) < 4.78 is 16.8. The molecule has 0 aromatic heterocycles. The number of unbranched alkanes of at least 4 members (excludes halogenated alkanes) is 39. The molecule has 1 atom stereocenters. The molecule has 356 valence electrons. The third-order valence-electron chi connectivity index (χ3n) is 12.4. The maximum Gasteiger partial charge on any atom is 0.306 e. The van der Waals surface area contributed by atoms with Gasteiger partial charge in [-0.15, -0.1) is 0 Å². The minimum Gasteiger partial charge on any atom is -0.462 e. The Morgan fingerprint density at radius 2 is 0.450 bits per heavy atom. The standard InChI is InChI=1S/C54H104O6/c1-4-7-10-13-16-19-21-23-24-25-26-27-28-29-30-31-32-34-35-38-41-44-47-53(56)59-50-51(49-58-52(55)46-43-40-37-18-15-12-9-6-3)60-54(57)48-45-42-39-36-33-22-20-17-14-11-8-5-2/h51H,4-50H2,1-3H3. The Morgan fingerprint density at radius 3 is 0.667 bits per heavy atom. The molecule has 0 bridgehead atoms. The zero-order valence-electron chi connectivity index (χ0n) is 40.8. The predicted molar refractivity (Wildman–Crippen MR) is 257 cm³/mol. The van der Waals surface area contributed by atoms with E-state index in [0.29, 0.717) is 19.3 Å². The van der Waals surface area contributed by atoms with E-state index < -0.39 is 6.10 Å². The molecule has 0 saturated carbocycles. The molecule has 0 aliphatic heterocycles. The second kappa shape index (κ2) is 50.1. The summed E-state index contributed by atoms with van der Waals surface area (Å²) in [6.45, 7) is 6.65. The second-order valence-corrected chi connectivity index (χ2v) is 18.5. The summed E-state index contributed by atoms with van der Waals surface area (Å²) in [4.78, 5) is 37.8. The number of hydrogen-bond acceptors (Lipinski definition) is 6. The highest BCUT2D eigenvalue weighted by molar-refractivity contribution is 5.71. The Bertz CT molecular complexity index is 889. The Morgan fingerprint density at radius 1 is 0.267 bits per heavy atom. The van der Waals surface area contributed by atoms with Gasteiger partial charge in [-0.3, -0.25) is 14.4 Å². The van der Waals surface area contributed by atoms with Gasteiger partial charge in [-0.25, -0.2) is 0 Å². The Labute approximate surface area is 374 Å². The first-order valence-electron chi connectivity index (χ1n) is 27.0. The van der Waals surface area contributed by atoms with Gasteiger partial charge < -0.3 is 14.2 Å². The highest BCUT2D eigenvalue weighted by atomic mass is 16.6. The van der Waals surface area contributed by atoms with Crippen LogP contribution >= 0.6 is 0 Å². The Kier molecular flexibility index (Phi) is 48.7. The van der Waals surface area contributed by atoms with Crippen molar-refractivity contribution in [1.82, 2.24) is 0 Å². The molecule has 1 unspecified atom stereocenters. The van der Waals surface area contributed by atoms with Crippen molar-refractivity contribution in [2.24, 2.45) is 0 Å². The zero-order valence-corrected chi connectivity index (χ0v) is 40.8. The van der Waals surface area contributed by atoms with E-state index in [1.165, 1.54) is 212 Å². The minimum atomic E-state index is -0.758. The van der Waals surface area contributed by atoms with Gasteiger partial charge in [0.25, 0.3) is 0 Å². The summed E-state index contributed by atoms with van der Waals surface area (Å²) in [5, 5.41) is 0. The average Bonchev–Trinajstić information content (AvgIpc) is 3.24. The van der Waals surface area contributed by atoms with Gasteiger partial charge in [0, 0.05) is 19.3 Å². The highest BCUT2D eigenvalue weighted by Gasteiger charge is 2.19. The maximum atomic E-state index is 12.7. The Balaban J connectivity index is 4.11. The summed E-state index contributed by atoms with van der Waals surface area (Å²) in [5.41, 5.74) is 0. The zero-order chi connectivity index (χ0) is 43.7. The van der Waals surface area contributed by atoms with E-state index in [-0.39, 0.29) is 31.1 Å². The summed E-state index contributed by atoms with van der Waals surface area (Å²) in [6, 6.07) is 0. The van der Waals surface area contributed by atoms with Crippen LogP contribution in [0.4, 0.5) is 0 Å². The van der Waals surface area contributed by atoms with Crippen LogP contribution in [0, 0.1) is 0 Å². The predicted octanol–water partition coefficient (Wildman–Crippen LogP) is 17.6. The van der Waals surface area contributed by atoms with Gasteiger partial charge in [-0.1, -0.05) is 271 Å². The monoisotopic (exact) mass is 849 g/mol. The fourth-order valence-electron chi connectivity index (χ4n) is 8.27. The van der Waals surface area contributed by atoms with Gasteiger partial charge in [-0.2, -0.15) is 0 Å². The summed E-state index contributed by atoms with van der Waals surface area (Å²) in [5.74, 6) is -0.846. The lowest BCUT2D eigenvalue weighted by atomic mass is 10.0. The number of ether oxygens (including phenoxy) is 3. The van der Waals surface area contributed by atoms with Crippen molar-refractivity contribution in [3.05, 3.63) is 0 Å². The van der Waals surface area contributed by atoms with Crippen LogP contribution < -0.4 is 0 Å².